The van der Waals surface area contributed by atoms with Crippen molar-refractivity contribution in [1.29, 1.82) is 0 Å². The molecule has 250 valence electrons. The second kappa shape index (κ2) is 18.9. The van der Waals surface area contributed by atoms with Crippen molar-refractivity contribution in [3.05, 3.63) is 35.4 Å². The average molecular weight is 666 g/mol. The number of hydrogen-bond donors (Lipinski definition) is 4. The largest absolute Gasteiger partial charge is 0.454 e. The number of esters is 4. The molecule has 1 aromatic rings. The summed E-state index contributed by atoms with van der Waals surface area (Å²) >= 11 is 1.91. The van der Waals surface area contributed by atoms with Crippen molar-refractivity contribution in [3.63, 3.8) is 0 Å². The second-order valence-corrected chi connectivity index (χ2v) is 11.2. The van der Waals surface area contributed by atoms with Gasteiger partial charge >= 0.3 is 23.9 Å². The van der Waals surface area contributed by atoms with E-state index >= 15 is 0 Å². The van der Waals surface area contributed by atoms with Crippen molar-refractivity contribution in [3.8, 4) is 0 Å². The van der Waals surface area contributed by atoms with Crippen LogP contribution in [0, 0.1) is 0 Å². The number of ether oxygens (including phenoxy) is 4. The number of benzene rings is 1. The van der Waals surface area contributed by atoms with Gasteiger partial charge in [0.2, 0.25) is 0 Å². The molecule has 0 radical (unpaired) electrons. The van der Waals surface area contributed by atoms with Crippen molar-refractivity contribution >= 4 is 59.3 Å². The van der Waals surface area contributed by atoms with Gasteiger partial charge in [-0.15, -0.1) is 0 Å². The molecule has 2 fully saturated rings. The Balaban J connectivity index is 1.63. The van der Waals surface area contributed by atoms with E-state index in [2.05, 4.69) is 35.6 Å². The van der Waals surface area contributed by atoms with Crippen molar-refractivity contribution in [2.24, 2.45) is 0 Å². The van der Waals surface area contributed by atoms with Crippen LogP contribution in [-0.2, 0) is 70.3 Å². The van der Waals surface area contributed by atoms with E-state index in [4.69, 9.17) is 9.47 Å². The minimum Gasteiger partial charge on any atom is -0.454 e. The lowest BCUT2D eigenvalue weighted by Crippen LogP contribution is -2.46. The summed E-state index contributed by atoms with van der Waals surface area (Å²) in [5.41, 5.74) is 1.74. The Hall–Kier alpha value is -4.71. The van der Waals surface area contributed by atoms with Crippen LogP contribution in [0.25, 0.3) is 0 Å². The minimum atomic E-state index is -1.28. The number of nitrogens with zero attached hydrogens (tertiary/aromatic N) is 1. The molecule has 1 unspecified atom stereocenters. The Labute approximate surface area is 267 Å². The van der Waals surface area contributed by atoms with Crippen LogP contribution in [0.1, 0.15) is 11.1 Å². The Morgan fingerprint density at radius 2 is 1.04 bits per heavy atom. The number of thioether (sulfide) groups is 1. The van der Waals surface area contributed by atoms with Crippen molar-refractivity contribution in [2.45, 2.75) is 19.0 Å². The highest BCUT2D eigenvalue weighted by molar-refractivity contribution is 7.99. The van der Waals surface area contributed by atoms with E-state index in [-0.39, 0.29) is 6.42 Å². The Morgan fingerprint density at radius 3 is 1.54 bits per heavy atom. The molecule has 2 aliphatic rings. The van der Waals surface area contributed by atoms with E-state index in [1.54, 1.807) is 12.1 Å². The monoisotopic (exact) mass is 665 g/mol. The zero-order valence-electron chi connectivity index (χ0n) is 24.8. The highest BCUT2D eigenvalue weighted by Crippen LogP contribution is 2.14. The molecule has 2 aliphatic heterocycles. The topological polar surface area (TPSA) is 225 Å². The maximum absolute atomic E-state index is 12.9. The first-order valence-corrected chi connectivity index (χ1v) is 15.3. The lowest BCUT2D eigenvalue weighted by atomic mass is 10.0. The molecule has 46 heavy (non-hydrogen) atoms. The van der Waals surface area contributed by atoms with Crippen LogP contribution in [0.4, 0.5) is 0 Å². The molecule has 0 spiro atoms. The van der Waals surface area contributed by atoms with Gasteiger partial charge in [0, 0.05) is 37.6 Å². The molecule has 2 heterocycles. The summed E-state index contributed by atoms with van der Waals surface area (Å²) in [7, 11) is 0. The molecular formula is C28H35N5O12S. The highest BCUT2D eigenvalue weighted by atomic mass is 32.2. The second-order valence-electron chi connectivity index (χ2n) is 9.95. The fourth-order valence-electron chi connectivity index (χ4n) is 3.96. The molecule has 2 saturated heterocycles. The average Bonchev–Trinajstić information content (AvgIpc) is 3.05. The summed E-state index contributed by atoms with van der Waals surface area (Å²) < 4.78 is 19.2. The van der Waals surface area contributed by atoms with E-state index in [0.29, 0.717) is 5.56 Å². The van der Waals surface area contributed by atoms with E-state index < -0.39 is 99.6 Å². The summed E-state index contributed by atoms with van der Waals surface area (Å²) in [6.07, 6.45) is -0.0239. The highest BCUT2D eigenvalue weighted by Gasteiger charge is 2.25. The van der Waals surface area contributed by atoms with Crippen LogP contribution in [0.15, 0.2) is 24.3 Å². The van der Waals surface area contributed by atoms with Crippen LogP contribution in [0.2, 0.25) is 0 Å². The maximum Gasteiger partial charge on any atom is 0.329 e. The van der Waals surface area contributed by atoms with Gasteiger partial charge in [0.25, 0.3) is 23.6 Å². The smallest absolute Gasteiger partial charge is 0.329 e. The van der Waals surface area contributed by atoms with Gasteiger partial charge in [-0.25, -0.2) is 4.79 Å². The number of hydrogen-bond acceptors (Lipinski definition) is 14. The van der Waals surface area contributed by atoms with E-state index in [1.165, 1.54) is 0 Å². The van der Waals surface area contributed by atoms with E-state index in [1.807, 2.05) is 23.9 Å². The number of cyclic esters (lactones) is 4. The molecule has 17 nitrogen and oxygen atoms in total. The van der Waals surface area contributed by atoms with Crippen molar-refractivity contribution < 1.29 is 57.3 Å². The van der Waals surface area contributed by atoms with Gasteiger partial charge in [-0.05, 0) is 11.1 Å². The molecule has 0 aliphatic carbocycles. The fraction of sp³-hybridized carbons (Fsp3) is 0.500. The molecule has 1 aromatic carbocycles. The molecule has 1 atom stereocenters. The van der Waals surface area contributed by atoms with Crippen LogP contribution in [0.5, 0.6) is 0 Å². The molecule has 18 heteroatoms. The third-order valence-electron chi connectivity index (χ3n) is 6.32. The van der Waals surface area contributed by atoms with Crippen LogP contribution in [0.3, 0.4) is 0 Å². The van der Waals surface area contributed by atoms with Gasteiger partial charge in [0.05, 0.1) is 0 Å². The molecule has 0 bridgehead atoms. The number of rotatable bonds is 4. The first kappa shape index (κ1) is 35.8. The predicted molar refractivity (Wildman–Crippen MR) is 158 cm³/mol. The first-order valence-electron chi connectivity index (χ1n) is 14.2. The lowest BCUT2D eigenvalue weighted by molar-refractivity contribution is -0.154. The Bertz CT molecular complexity index is 1290. The minimum absolute atomic E-state index is 0.0239. The van der Waals surface area contributed by atoms with Gasteiger partial charge in [-0.1, -0.05) is 24.3 Å². The van der Waals surface area contributed by atoms with Crippen LogP contribution >= 0.6 is 11.8 Å². The fourth-order valence-corrected chi connectivity index (χ4v) is 4.94. The van der Waals surface area contributed by atoms with E-state index in [0.717, 1.165) is 36.7 Å². The van der Waals surface area contributed by atoms with Crippen molar-refractivity contribution in [2.75, 3.05) is 70.7 Å². The molecule has 0 saturated carbocycles. The third kappa shape index (κ3) is 13.9. The summed E-state index contributed by atoms with van der Waals surface area (Å²) in [5.74, 6) is -5.27. The molecule has 0 aromatic heterocycles. The van der Waals surface area contributed by atoms with Gasteiger partial charge in [-0.2, -0.15) is 11.8 Å². The number of amides is 4. The Morgan fingerprint density at radius 1 is 0.609 bits per heavy atom. The van der Waals surface area contributed by atoms with Crippen molar-refractivity contribution in [1.82, 2.24) is 26.2 Å². The molecule has 3 rings (SSSR count). The number of nitrogens with one attached hydrogen (secondary N) is 4. The van der Waals surface area contributed by atoms with Gasteiger partial charge in [0.15, 0.2) is 26.4 Å². The van der Waals surface area contributed by atoms with Gasteiger partial charge < -0.3 is 40.2 Å². The number of carbonyl (C=O) groups is 8. The first-order chi connectivity index (χ1) is 22.1. The van der Waals surface area contributed by atoms with E-state index in [9.17, 15) is 38.4 Å². The Kier molecular flexibility index (Phi) is 14.7. The van der Waals surface area contributed by atoms with Crippen LogP contribution < -0.4 is 21.3 Å². The molecule has 4 amide bonds. The van der Waals surface area contributed by atoms with Gasteiger partial charge in [0.1, 0.15) is 25.7 Å². The third-order valence-corrected chi connectivity index (χ3v) is 7.26. The maximum atomic E-state index is 12.9. The summed E-state index contributed by atoms with van der Waals surface area (Å²) in [6, 6.07) is 6.15. The standard InChI is InChI=1S/C28H35N5O12S/c34-21-14-43-26(39)11-31-23(36)16-45-28(41)20(9-18-1-3-19(4-2-18)13-33-5-7-46-8-6-33)32-24(37)17-44-27(40)12-30-22(35)15-42-25(38)10-29-21/h1-4,20H,5-17H2,(H,29,34)(H,30,35)(H,31,36)(H,32,37). The normalized spacial score (nSPS) is 21.2. The predicted octanol–water partition coefficient (Wildman–Crippen LogP) is -3.20. The summed E-state index contributed by atoms with van der Waals surface area (Å²) in [5, 5.41) is 8.81. The van der Waals surface area contributed by atoms with Crippen LogP contribution in [-0.4, -0.2) is 129 Å². The summed E-state index contributed by atoms with van der Waals surface area (Å²) in [6.45, 7) is -2.37. The van der Waals surface area contributed by atoms with Gasteiger partial charge in [-0.3, -0.25) is 38.5 Å². The molecular weight excluding hydrogens is 630 g/mol. The zero-order valence-corrected chi connectivity index (χ0v) is 25.7. The quantitative estimate of drug-likeness (QED) is 0.184. The lowest BCUT2D eigenvalue weighted by Gasteiger charge is -2.26. The molecule has 4 N–H and O–H groups in total. The SMILES string of the molecule is O=C1COC(=O)CNC(=O)COC(=O)C(Cc2ccc(CN3CCSCC3)cc2)NC(=O)COC(=O)CNC(=O)COC(=O)CN1. The summed E-state index contributed by atoms with van der Waals surface area (Å²) in [4.78, 5) is 99.1. The number of carbonyl (C=O) groups excluding carboxylic acids is 8. The zero-order chi connectivity index (χ0) is 33.3.